The number of amides is 3. The van der Waals surface area contributed by atoms with Gasteiger partial charge in [-0.1, -0.05) is 24.6 Å². The molecule has 5 rings (SSSR count). The maximum absolute atomic E-state index is 12.9. The summed E-state index contributed by atoms with van der Waals surface area (Å²) in [4.78, 5) is 27.3. The highest BCUT2D eigenvalue weighted by Crippen LogP contribution is 2.25. The van der Waals surface area contributed by atoms with Gasteiger partial charge in [-0.05, 0) is 62.1 Å². The minimum absolute atomic E-state index is 0.0543. The SMILES string of the molecule is O=C(Nc1ccc(-c2nnc3n2CCCCC3)cc1)[C@@H]1CCCN(C(=O)Nc2ccccc2)C1. The van der Waals surface area contributed by atoms with Crippen LogP contribution in [-0.4, -0.2) is 44.7 Å². The van der Waals surface area contributed by atoms with Gasteiger partial charge in [0.05, 0.1) is 5.92 Å². The topological polar surface area (TPSA) is 92.2 Å². The molecule has 0 aliphatic carbocycles. The van der Waals surface area contributed by atoms with Gasteiger partial charge in [0.2, 0.25) is 5.91 Å². The van der Waals surface area contributed by atoms with Crippen molar-refractivity contribution in [3.05, 3.63) is 60.4 Å². The molecule has 0 saturated carbocycles. The molecule has 8 heteroatoms. The molecule has 3 heterocycles. The summed E-state index contributed by atoms with van der Waals surface area (Å²) in [5, 5.41) is 14.7. The van der Waals surface area contributed by atoms with Crippen LogP contribution in [0.1, 0.15) is 37.9 Å². The number of para-hydroxylation sites is 1. The minimum atomic E-state index is -0.234. The minimum Gasteiger partial charge on any atom is -0.326 e. The second kappa shape index (κ2) is 10.1. The first-order valence-electron chi connectivity index (χ1n) is 12.1. The van der Waals surface area contributed by atoms with Gasteiger partial charge in [-0.2, -0.15) is 0 Å². The monoisotopic (exact) mass is 458 g/mol. The lowest BCUT2D eigenvalue weighted by Crippen LogP contribution is -2.45. The Balaban J connectivity index is 1.20. The first kappa shape index (κ1) is 22.1. The van der Waals surface area contributed by atoms with E-state index in [2.05, 4.69) is 25.4 Å². The summed E-state index contributed by atoms with van der Waals surface area (Å²) in [5.41, 5.74) is 2.50. The zero-order valence-corrected chi connectivity index (χ0v) is 19.2. The number of nitrogens with zero attached hydrogens (tertiary/aromatic N) is 4. The van der Waals surface area contributed by atoms with Crippen LogP contribution in [0.2, 0.25) is 0 Å². The van der Waals surface area contributed by atoms with E-state index in [1.807, 2.05) is 54.6 Å². The fraction of sp³-hybridized carbons (Fsp3) is 0.385. The number of nitrogens with one attached hydrogen (secondary N) is 2. The van der Waals surface area contributed by atoms with Crippen molar-refractivity contribution in [2.24, 2.45) is 5.92 Å². The number of carbonyl (C=O) groups is 2. The number of aryl methyl sites for hydroxylation is 1. The fourth-order valence-electron chi connectivity index (χ4n) is 4.75. The van der Waals surface area contributed by atoms with Gasteiger partial charge in [-0.15, -0.1) is 10.2 Å². The van der Waals surface area contributed by atoms with Crippen LogP contribution in [0.4, 0.5) is 16.2 Å². The van der Waals surface area contributed by atoms with Crippen molar-refractivity contribution in [1.82, 2.24) is 19.7 Å². The van der Waals surface area contributed by atoms with Gasteiger partial charge in [0, 0.05) is 43.0 Å². The summed E-state index contributed by atoms with van der Waals surface area (Å²) < 4.78 is 2.22. The Kier molecular flexibility index (Phi) is 6.56. The molecule has 34 heavy (non-hydrogen) atoms. The number of urea groups is 1. The molecule has 3 aromatic rings. The zero-order chi connectivity index (χ0) is 23.3. The van der Waals surface area contributed by atoms with E-state index in [9.17, 15) is 9.59 Å². The molecule has 3 amide bonds. The van der Waals surface area contributed by atoms with Crippen molar-refractivity contribution in [3.8, 4) is 11.4 Å². The summed E-state index contributed by atoms with van der Waals surface area (Å²) in [6.07, 6.45) is 6.08. The summed E-state index contributed by atoms with van der Waals surface area (Å²) in [6.45, 7) is 2.01. The van der Waals surface area contributed by atoms with Crippen molar-refractivity contribution in [1.29, 1.82) is 0 Å². The fourth-order valence-corrected chi connectivity index (χ4v) is 4.75. The Morgan fingerprint density at radius 3 is 2.44 bits per heavy atom. The smallest absolute Gasteiger partial charge is 0.321 e. The van der Waals surface area contributed by atoms with E-state index in [-0.39, 0.29) is 17.9 Å². The number of hydrogen-bond acceptors (Lipinski definition) is 4. The van der Waals surface area contributed by atoms with Gasteiger partial charge in [-0.3, -0.25) is 4.79 Å². The number of benzene rings is 2. The van der Waals surface area contributed by atoms with Crippen LogP contribution in [0.5, 0.6) is 0 Å². The summed E-state index contributed by atoms with van der Waals surface area (Å²) in [5.74, 6) is 1.66. The molecule has 2 aliphatic heterocycles. The van der Waals surface area contributed by atoms with E-state index < -0.39 is 0 Å². The molecule has 8 nitrogen and oxygen atoms in total. The van der Waals surface area contributed by atoms with Crippen LogP contribution in [0, 0.1) is 5.92 Å². The molecule has 1 aromatic heterocycles. The predicted octanol–water partition coefficient (Wildman–Crippen LogP) is 4.55. The number of likely N-dealkylation sites (tertiary alicyclic amines) is 1. The lowest BCUT2D eigenvalue weighted by Gasteiger charge is -2.32. The van der Waals surface area contributed by atoms with Crippen LogP contribution in [-0.2, 0) is 17.8 Å². The first-order chi connectivity index (χ1) is 16.7. The number of piperidine rings is 1. The van der Waals surface area contributed by atoms with E-state index in [0.29, 0.717) is 13.1 Å². The average Bonchev–Trinajstić information content (AvgIpc) is 3.13. The van der Waals surface area contributed by atoms with E-state index in [0.717, 1.165) is 67.2 Å². The van der Waals surface area contributed by atoms with Gasteiger partial charge < -0.3 is 20.1 Å². The van der Waals surface area contributed by atoms with Gasteiger partial charge in [0.1, 0.15) is 5.82 Å². The lowest BCUT2D eigenvalue weighted by molar-refractivity contribution is -0.121. The number of rotatable bonds is 4. The van der Waals surface area contributed by atoms with Crippen molar-refractivity contribution < 1.29 is 9.59 Å². The predicted molar refractivity (Wildman–Crippen MR) is 131 cm³/mol. The van der Waals surface area contributed by atoms with Gasteiger partial charge in [0.15, 0.2) is 5.82 Å². The summed E-state index contributed by atoms with van der Waals surface area (Å²) in [6, 6.07) is 17.0. The molecule has 0 bridgehead atoms. The molecule has 1 fully saturated rings. The van der Waals surface area contributed by atoms with Crippen molar-refractivity contribution in [2.45, 2.75) is 45.1 Å². The molecule has 2 aromatic carbocycles. The first-order valence-corrected chi connectivity index (χ1v) is 12.1. The Labute approximate surface area is 199 Å². The normalized spacial score (nSPS) is 18.0. The molecule has 2 N–H and O–H groups in total. The van der Waals surface area contributed by atoms with Crippen LogP contribution in [0.15, 0.2) is 54.6 Å². The molecular weight excluding hydrogens is 428 g/mol. The molecule has 1 saturated heterocycles. The Hall–Kier alpha value is -3.68. The van der Waals surface area contributed by atoms with E-state index in [1.54, 1.807) is 4.90 Å². The second-order valence-electron chi connectivity index (χ2n) is 9.05. The lowest BCUT2D eigenvalue weighted by atomic mass is 9.97. The van der Waals surface area contributed by atoms with Crippen LogP contribution < -0.4 is 10.6 Å². The highest BCUT2D eigenvalue weighted by atomic mass is 16.2. The van der Waals surface area contributed by atoms with Crippen LogP contribution in [0.3, 0.4) is 0 Å². The number of aromatic nitrogens is 3. The third kappa shape index (κ3) is 4.95. The maximum Gasteiger partial charge on any atom is 0.321 e. The van der Waals surface area contributed by atoms with Gasteiger partial charge >= 0.3 is 6.03 Å². The highest BCUT2D eigenvalue weighted by molar-refractivity contribution is 5.94. The van der Waals surface area contributed by atoms with E-state index in [1.165, 1.54) is 6.42 Å². The highest BCUT2D eigenvalue weighted by Gasteiger charge is 2.28. The largest absolute Gasteiger partial charge is 0.326 e. The summed E-state index contributed by atoms with van der Waals surface area (Å²) >= 11 is 0. The Morgan fingerprint density at radius 1 is 0.824 bits per heavy atom. The second-order valence-corrected chi connectivity index (χ2v) is 9.05. The Morgan fingerprint density at radius 2 is 1.62 bits per heavy atom. The number of carbonyl (C=O) groups excluding carboxylic acids is 2. The molecule has 0 unspecified atom stereocenters. The van der Waals surface area contributed by atoms with Crippen molar-refractivity contribution in [3.63, 3.8) is 0 Å². The third-order valence-corrected chi connectivity index (χ3v) is 6.62. The number of hydrogen-bond donors (Lipinski definition) is 2. The van der Waals surface area contributed by atoms with Gasteiger partial charge in [-0.25, -0.2) is 4.79 Å². The van der Waals surface area contributed by atoms with Crippen LogP contribution >= 0.6 is 0 Å². The molecule has 0 spiro atoms. The van der Waals surface area contributed by atoms with E-state index >= 15 is 0 Å². The molecule has 2 aliphatic rings. The average molecular weight is 459 g/mol. The summed E-state index contributed by atoms with van der Waals surface area (Å²) in [7, 11) is 0. The van der Waals surface area contributed by atoms with Crippen molar-refractivity contribution in [2.75, 3.05) is 23.7 Å². The molecule has 0 radical (unpaired) electrons. The van der Waals surface area contributed by atoms with Crippen molar-refractivity contribution >= 4 is 23.3 Å². The maximum atomic E-state index is 12.9. The number of anilines is 2. The number of fused-ring (bicyclic) bond motifs is 1. The van der Waals surface area contributed by atoms with Gasteiger partial charge in [0.25, 0.3) is 0 Å². The van der Waals surface area contributed by atoms with E-state index in [4.69, 9.17) is 0 Å². The standard InChI is InChI=1S/C26H30N6O2/c33-25(20-8-7-16-31(18-20)26(34)28-21-9-3-1-4-10-21)27-22-14-12-19(13-15-22)24-30-29-23-11-5-2-6-17-32(23)24/h1,3-4,9-10,12-15,20H,2,5-8,11,16-18H2,(H,27,33)(H,28,34)/t20-/m1/s1. The Bertz CT molecular complexity index is 1140. The third-order valence-electron chi connectivity index (χ3n) is 6.62. The molecule has 176 valence electrons. The zero-order valence-electron chi connectivity index (χ0n) is 19.2. The molecule has 1 atom stereocenters. The van der Waals surface area contributed by atoms with Crippen LogP contribution in [0.25, 0.3) is 11.4 Å². The quantitative estimate of drug-likeness (QED) is 0.600. The molecular formula is C26H30N6O2.